The molecule has 1 N–H and O–H groups in total. The van der Waals surface area contributed by atoms with Crippen molar-refractivity contribution in [2.45, 2.75) is 51.4 Å². The number of unbranched alkanes of at least 4 members (excludes halogenated alkanes) is 1. The molecule has 1 aromatic carbocycles. The lowest BCUT2D eigenvalue weighted by molar-refractivity contribution is 0.181. The van der Waals surface area contributed by atoms with Gasteiger partial charge in [0.2, 0.25) is 0 Å². The maximum atomic E-state index is 9.45. The van der Waals surface area contributed by atoms with Gasteiger partial charge in [-0.2, -0.15) is 0 Å². The Morgan fingerprint density at radius 3 is 2.83 bits per heavy atom. The summed E-state index contributed by atoms with van der Waals surface area (Å²) in [6.45, 7) is 3.15. The van der Waals surface area contributed by atoms with Crippen LogP contribution in [0, 0.1) is 5.92 Å². The molecule has 6 heteroatoms. The third-order valence-electron chi connectivity index (χ3n) is 5.88. The maximum absolute atomic E-state index is 9.45. The van der Waals surface area contributed by atoms with Gasteiger partial charge in [-0.25, -0.2) is 9.97 Å². The molecular formula is C23H28ClN3O2. The molecule has 0 saturated heterocycles. The van der Waals surface area contributed by atoms with Crippen molar-refractivity contribution in [3.63, 3.8) is 0 Å². The van der Waals surface area contributed by atoms with Crippen molar-refractivity contribution in [1.29, 1.82) is 0 Å². The molecule has 0 atom stereocenters. The highest BCUT2D eigenvalue weighted by atomic mass is 35.5. The summed E-state index contributed by atoms with van der Waals surface area (Å²) in [5.41, 5.74) is 2.68. The molecule has 3 aromatic rings. The first kappa shape index (κ1) is 20.2. The Morgan fingerprint density at radius 1 is 1.24 bits per heavy atom. The molecule has 154 valence electrons. The monoisotopic (exact) mass is 413 g/mol. The van der Waals surface area contributed by atoms with E-state index in [4.69, 9.17) is 21.3 Å². The molecule has 2 aromatic heterocycles. The first-order chi connectivity index (χ1) is 14.2. The molecule has 29 heavy (non-hydrogen) atoms. The maximum Gasteiger partial charge on any atom is 0.155 e. The summed E-state index contributed by atoms with van der Waals surface area (Å²) >= 11 is 6.52. The fourth-order valence-corrected chi connectivity index (χ4v) is 4.42. The molecule has 2 heterocycles. The van der Waals surface area contributed by atoms with Gasteiger partial charge in [-0.1, -0.05) is 37.1 Å². The van der Waals surface area contributed by atoms with Crippen LogP contribution in [0.5, 0.6) is 5.75 Å². The second-order valence-corrected chi connectivity index (χ2v) is 8.24. The fraction of sp³-hybridized carbons (Fsp3) is 0.478. The standard InChI is InChI=1S/C23H28ClN3O2/c1-2-3-13-29-19-6-4-5-18(14-19)20-21-22(24)25-11-12-27(21)23(26-20)17-9-7-16(15-28)8-10-17/h4-6,11-12,14,16-17,28H,2-3,7-10,13,15H2,1H3/t16-,17-. The summed E-state index contributed by atoms with van der Waals surface area (Å²) in [6, 6.07) is 8.06. The Morgan fingerprint density at radius 2 is 2.07 bits per heavy atom. The highest BCUT2D eigenvalue weighted by molar-refractivity contribution is 6.33. The van der Waals surface area contributed by atoms with Crippen LogP contribution in [-0.2, 0) is 0 Å². The van der Waals surface area contributed by atoms with Gasteiger partial charge in [0.1, 0.15) is 17.1 Å². The Balaban J connectivity index is 1.71. The predicted octanol–water partition coefficient (Wildman–Crippen LogP) is 5.49. The molecule has 4 rings (SSSR count). The summed E-state index contributed by atoms with van der Waals surface area (Å²) in [6.07, 6.45) is 9.95. The zero-order valence-electron chi connectivity index (χ0n) is 16.9. The van der Waals surface area contributed by atoms with Gasteiger partial charge in [-0.3, -0.25) is 4.40 Å². The van der Waals surface area contributed by atoms with Gasteiger partial charge < -0.3 is 9.84 Å². The molecule has 0 unspecified atom stereocenters. The molecule has 1 aliphatic rings. The first-order valence-electron chi connectivity index (χ1n) is 10.6. The molecule has 1 saturated carbocycles. The van der Waals surface area contributed by atoms with E-state index >= 15 is 0 Å². The van der Waals surface area contributed by atoms with Crippen molar-refractivity contribution in [2.24, 2.45) is 5.92 Å². The van der Waals surface area contributed by atoms with E-state index in [9.17, 15) is 5.11 Å². The number of aliphatic hydroxyl groups is 1. The van der Waals surface area contributed by atoms with E-state index in [2.05, 4.69) is 16.3 Å². The highest BCUT2D eigenvalue weighted by Gasteiger charge is 2.27. The van der Waals surface area contributed by atoms with Crippen LogP contribution in [0.1, 0.15) is 57.2 Å². The van der Waals surface area contributed by atoms with Gasteiger partial charge in [-0.05, 0) is 50.2 Å². The lowest BCUT2D eigenvalue weighted by atomic mass is 9.82. The molecule has 0 aliphatic heterocycles. The van der Waals surface area contributed by atoms with Gasteiger partial charge in [-0.15, -0.1) is 0 Å². The first-order valence-corrected chi connectivity index (χ1v) is 11.0. The molecule has 5 nitrogen and oxygen atoms in total. The number of nitrogens with zero attached hydrogens (tertiary/aromatic N) is 3. The van der Waals surface area contributed by atoms with Crippen LogP contribution in [0.2, 0.25) is 5.15 Å². The third kappa shape index (κ3) is 4.26. The van der Waals surface area contributed by atoms with Crippen LogP contribution in [-0.4, -0.2) is 32.7 Å². The number of hydrogen-bond acceptors (Lipinski definition) is 4. The Labute approximate surface area is 176 Å². The molecule has 0 amide bonds. The number of fused-ring (bicyclic) bond motifs is 1. The van der Waals surface area contributed by atoms with E-state index in [-0.39, 0.29) is 6.61 Å². The van der Waals surface area contributed by atoms with Crippen molar-refractivity contribution in [3.8, 4) is 17.0 Å². The summed E-state index contributed by atoms with van der Waals surface area (Å²) in [5, 5.41) is 9.91. The van der Waals surface area contributed by atoms with Crippen LogP contribution in [0.15, 0.2) is 36.7 Å². The number of halogens is 1. The van der Waals surface area contributed by atoms with Crippen LogP contribution in [0.25, 0.3) is 16.8 Å². The summed E-state index contributed by atoms with van der Waals surface area (Å²) in [5.74, 6) is 2.66. The summed E-state index contributed by atoms with van der Waals surface area (Å²) in [4.78, 5) is 9.35. The normalized spacial score (nSPS) is 19.6. The van der Waals surface area contributed by atoms with Crippen LogP contribution < -0.4 is 4.74 Å². The van der Waals surface area contributed by atoms with Crippen LogP contribution in [0.3, 0.4) is 0 Å². The van der Waals surface area contributed by atoms with Crippen molar-refractivity contribution in [1.82, 2.24) is 14.4 Å². The third-order valence-corrected chi connectivity index (χ3v) is 6.16. The van der Waals surface area contributed by atoms with Crippen molar-refractivity contribution < 1.29 is 9.84 Å². The Hall–Kier alpha value is -2.11. The number of imidazole rings is 1. The summed E-state index contributed by atoms with van der Waals surface area (Å²) < 4.78 is 7.99. The smallest absolute Gasteiger partial charge is 0.155 e. The van der Waals surface area contributed by atoms with Crippen LogP contribution in [0.4, 0.5) is 0 Å². The lowest BCUT2D eigenvalue weighted by Crippen LogP contribution is -2.17. The molecule has 1 fully saturated rings. The molecule has 0 radical (unpaired) electrons. The van der Waals surface area contributed by atoms with E-state index in [0.717, 1.165) is 66.9 Å². The fourth-order valence-electron chi connectivity index (χ4n) is 4.18. The highest BCUT2D eigenvalue weighted by Crippen LogP contribution is 2.39. The largest absolute Gasteiger partial charge is 0.494 e. The lowest BCUT2D eigenvalue weighted by Gasteiger charge is -2.26. The minimum Gasteiger partial charge on any atom is -0.494 e. The van der Waals surface area contributed by atoms with E-state index in [1.807, 2.05) is 30.5 Å². The second-order valence-electron chi connectivity index (χ2n) is 7.89. The molecule has 1 aliphatic carbocycles. The quantitative estimate of drug-likeness (QED) is 0.520. The number of benzene rings is 1. The number of ether oxygens (including phenoxy) is 1. The van der Waals surface area contributed by atoms with Gasteiger partial charge in [0.15, 0.2) is 5.15 Å². The minimum absolute atomic E-state index is 0.279. The Kier molecular flexibility index (Phi) is 6.36. The van der Waals surface area contributed by atoms with Crippen molar-refractivity contribution in [2.75, 3.05) is 13.2 Å². The van der Waals surface area contributed by atoms with E-state index in [1.165, 1.54) is 0 Å². The predicted molar refractivity (Wildman–Crippen MR) is 116 cm³/mol. The topological polar surface area (TPSA) is 59.7 Å². The van der Waals surface area contributed by atoms with Crippen LogP contribution >= 0.6 is 11.6 Å². The molecular weight excluding hydrogens is 386 g/mol. The van der Waals surface area contributed by atoms with Gasteiger partial charge in [0.05, 0.1) is 12.3 Å². The Bertz CT molecular complexity index is 964. The average molecular weight is 414 g/mol. The van der Waals surface area contributed by atoms with Gasteiger partial charge >= 0.3 is 0 Å². The summed E-state index contributed by atoms with van der Waals surface area (Å²) in [7, 11) is 0. The average Bonchev–Trinajstić information content (AvgIpc) is 3.15. The number of aliphatic hydroxyl groups excluding tert-OH is 1. The van der Waals surface area contributed by atoms with Gasteiger partial charge in [0.25, 0.3) is 0 Å². The SMILES string of the molecule is CCCCOc1cccc(-c2nc([C@H]3CC[C@H](CO)CC3)n3ccnc(Cl)c23)c1. The minimum atomic E-state index is 0.279. The van der Waals surface area contributed by atoms with E-state index in [1.54, 1.807) is 6.20 Å². The van der Waals surface area contributed by atoms with E-state index in [0.29, 0.717) is 23.6 Å². The molecule has 0 bridgehead atoms. The number of rotatable bonds is 7. The van der Waals surface area contributed by atoms with Crippen molar-refractivity contribution >= 4 is 17.1 Å². The van der Waals surface area contributed by atoms with Gasteiger partial charge in [0, 0.05) is 30.5 Å². The number of hydrogen-bond donors (Lipinski definition) is 1. The van der Waals surface area contributed by atoms with E-state index < -0.39 is 0 Å². The van der Waals surface area contributed by atoms with Crippen molar-refractivity contribution in [3.05, 3.63) is 47.6 Å². The molecule has 0 spiro atoms. The second kappa shape index (κ2) is 9.14. The zero-order valence-corrected chi connectivity index (χ0v) is 17.6. The zero-order chi connectivity index (χ0) is 20.2. The number of aromatic nitrogens is 3.